The summed E-state index contributed by atoms with van der Waals surface area (Å²) in [5, 5.41) is 5.05. The number of carbonyl (C=O) groups is 1. The molecule has 1 aromatic heterocycles. The number of piperidine rings is 1. The Morgan fingerprint density at radius 2 is 1.96 bits per heavy atom. The molecule has 0 spiro atoms. The maximum atomic E-state index is 13.1. The maximum Gasteiger partial charge on any atom is 0.228 e. The minimum atomic E-state index is -0.222. The Balaban J connectivity index is 1.34. The second kappa shape index (κ2) is 8.63. The molecule has 2 aromatic carbocycles. The summed E-state index contributed by atoms with van der Waals surface area (Å²) in [6, 6.07) is 14.4. The fourth-order valence-corrected chi connectivity index (χ4v) is 4.15. The third-order valence-electron chi connectivity index (χ3n) is 5.08. The van der Waals surface area contributed by atoms with Crippen molar-refractivity contribution < 1.29 is 9.18 Å². The first kappa shape index (κ1) is 18.8. The average Bonchev–Trinajstić information content (AvgIpc) is 3.25. The lowest BCUT2D eigenvalue weighted by Gasteiger charge is -2.32. The molecule has 1 fully saturated rings. The van der Waals surface area contributed by atoms with Gasteiger partial charge in [0.1, 0.15) is 5.82 Å². The van der Waals surface area contributed by atoms with E-state index >= 15 is 0 Å². The van der Waals surface area contributed by atoms with Crippen LogP contribution < -0.4 is 5.32 Å². The largest absolute Gasteiger partial charge is 0.326 e. The fourth-order valence-electron chi connectivity index (χ4n) is 3.58. The number of aromatic nitrogens is 1. The van der Waals surface area contributed by atoms with Gasteiger partial charge in [-0.3, -0.25) is 9.69 Å². The summed E-state index contributed by atoms with van der Waals surface area (Å²) in [5.74, 6) is -0.196. The fraction of sp³-hybridized carbons (Fsp3) is 0.273. The summed E-state index contributed by atoms with van der Waals surface area (Å²) in [5.41, 5.74) is 5.68. The van der Waals surface area contributed by atoms with Crippen LogP contribution in [0.1, 0.15) is 18.4 Å². The monoisotopic (exact) mass is 395 g/mol. The number of hydrogen-bond donors (Lipinski definition) is 1. The first-order chi connectivity index (χ1) is 13.7. The summed E-state index contributed by atoms with van der Waals surface area (Å²) in [4.78, 5) is 19.3. The average molecular weight is 396 g/mol. The van der Waals surface area contributed by atoms with E-state index in [1.807, 2.05) is 47.3 Å². The first-order valence-corrected chi connectivity index (χ1v) is 10.4. The van der Waals surface area contributed by atoms with Crippen molar-refractivity contribution in [2.45, 2.75) is 19.4 Å². The summed E-state index contributed by atoms with van der Waals surface area (Å²) >= 11 is 1.57. The van der Waals surface area contributed by atoms with Crippen LogP contribution in [0.25, 0.3) is 11.3 Å². The summed E-state index contributed by atoms with van der Waals surface area (Å²) in [6.45, 7) is 2.43. The molecule has 1 atom stereocenters. The third kappa shape index (κ3) is 4.64. The van der Waals surface area contributed by atoms with Gasteiger partial charge in [0.25, 0.3) is 0 Å². The number of thiazole rings is 1. The highest BCUT2D eigenvalue weighted by atomic mass is 32.1. The van der Waals surface area contributed by atoms with Crippen molar-refractivity contribution in [3.05, 3.63) is 70.8 Å². The van der Waals surface area contributed by atoms with Crippen LogP contribution in [0.5, 0.6) is 0 Å². The van der Waals surface area contributed by atoms with Crippen molar-refractivity contribution in [3.63, 3.8) is 0 Å². The molecule has 1 aliphatic heterocycles. The Labute approximate surface area is 168 Å². The number of amides is 1. The molecule has 3 aromatic rings. The predicted molar refractivity (Wildman–Crippen MR) is 111 cm³/mol. The lowest BCUT2D eigenvalue weighted by atomic mass is 9.96. The Morgan fingerprint density at radius 3 is 2.68 bits per heavy atom. The smallest absolute Gasteiger partial charge is 0.228 e. The van der Waals surface area contributed by atoms with Crippen molar-refractivity contribution >= 4 is 22.9 Å². The molecule has 1 amide bonds. The van der Waals surface area contributed by atoms with Gasteiger partial charge in [0.15, 0.2) is 0 Å². The SMILES string of the molecule is O=C(Nc1ccc(-c2cscn2)cc1)C1CCCN(Cc2ccc(F)cc2)C1. The van der Waals surface area contributed by atoms with Crippen LogP contribution in [0.4, 0.5) is 10.1 Å². The standard InChI is InChI=1S/C22H22FN3OS/c23-19-7-3-16(4-8-19)12-26-11-1-2-18(13-26)22(27)25-20-9-5-17(6-10-20)21-14-28-15-24-21/h3-10,14-15,18H,1-2,11-13H2,(H,25,27). The third-order valence-corrected chi connectivity index (χ3v) is 5.66. The minimum Gasteiger partial charge on any atom is -0.326 e. The van der Waals surface area contributed by atoms with Crippen LogP contribution in [-0.4, -0.2) is 28.9 Å². The van der Waals surface area contributed by atoms with Gasteiger partial charge in [0.05, 0.1) is 17.1 Å². The van der Waals surface area contributed by atoms with Gasteiger partial charge in [-0.2, -0.15) is 0 Å². The zero-order valence-electron chi connectivity index (χ0n) is 15.5. The molecular weight excluding hydrogens is 373 g/mol. The van der Waals surface area contributed by atoms with Gasteiger partial charge in [-0.05, 0) is 49.2 Å². The molecule has 0 saturated carbocycles. The zero-order valence-corrected chi connectivity index (χ0v) is 16.3. The molecule has 2 heterocycles. The van der Waals surface area contributed by atoms with E-state index in [4.69, 9.17) is 0 Å². The van der Waals surface area contributed by atoms with Gasteiger partial charge in [0.2, 0.25) is 5.91 Å². The molecular formula is C22H22FN3OS. The van der Waals surface area contributed by atoms with Crippen LogP contribution in [0, 0.1) is 11.7 Å². The number of nitrogens with one attached hydrogen (secondary N) is 1. The van der Waals surface area contributed by atoms with Crippen LogP contribution >= 0.6 is 11.3 Å². The molecule has 4 nitrogen and oxygen atoms in total. The zero-order chi connectivity index (χ0) is 19.3. The van der Waals surface area contributed by atoms with E-state index in [1.54, 1.807) is 11.3 Å². The molecule has 0 bridgehead atoms. The van der Waals surface area contributed by atoms with Crippen molar-refractivity contribution in [1.29, 1.82) is 0 Å². The predicted octanol–water partition coefficient (Wildman–Crippen LogP) is 4.80. The number of nitrogens with zero attached hydrogens (tertiary/aromatic N) is 2. The van der Waals surface area contributed by atoms with Gasteiger partial charge in [0, 0.05) is 29.7 Å². The highest BCUT2D eigenvalue weighted by molar-refractivity contribution is 7.07. The number of rotatable bonds is 5. The Morgan fingerprint density at radius 1 is 1.18 bits per heavy atom. The van der Waals surface area contributed by atoms with Crippen molar-refractivity contribution in [2.24, 2.45) is 5.92 Å². The molecule has 144 valence electrons. The Bertz CT molecular complexity index is 910. The van der Waals surface area contributed by atoms with E-state index in [0.29, 0.717) is 0 Å². The van der Waals surface area contributed by atoms with Crippen molar-refractivity contribution in [3.8, 4) is 11.3 Å². The number of anilines is 1. The number of likely N-dealkylation sites (tertiary alicyclic amines) is 1. The minimum absolute atomic E-state index is 0.0348. The molecule has 0 aliphatic carbocycles. The second-order valence-corrected chi connectivity index (χ2v) is 7.86. The molecule has 1 aliphatic rings. The van der Waals surface area contributed by atoms with Gasteiger partial charge in [-0.1, -0.05) is 24.3 Å². The number of carbonyl (C=O) groups excluding carboxylic acids is 1. The van der Waals surface area contributed by atoms with Gasteiger partial charge >= 0.3 is 0 Å². The summed E-state index contributed by atoms with van der Waals surface area (Å²) in [7, 11) is 0. The molecule has 6 heteroatoms. The molecule has 4 rings (SSSR count). The topological polar surface area (TPSA) is 45.2 Å². The van der Waals surface area contributed by atoms with Crippen molar-refractivity contribution in [2.75, 3.05) is 18.4 Å². The number of hydrogen-bond acceptors (Lipinski definition) is 4. The van der Waals surface area contributed by atoms with Gasteiger partial charge in [-0.15, -0.1) is 11.3 Å². The summed E-state index contributed by atoms with van der Waals surface area (Å²) in [6.07, 6.45) is 1.88. The lowest BCUT2D eigenvalue weighted by molar-refractivity contribution is -0.121. The molecule has 1 unspecified atom stereocenters. The van der Waals surface area contributed by atoms with E-state index in [0.717, 1.165) is 55.0 Å². The molecule has 1 saturated heterocycles. The van der Waals surface area contributed by atoms with E-state index in [9.17, 15) is 9.18 Å². The van der Waals surface area contributed by atoms with E-state index in [-0.39, 0.29) is 17.6 Å². The Hall–Kier alpha value is -2.57. The summed E-state index contributed by atoms with van der Waals surface area (Å²) < 4.78 is 13.1. The molecule has 28 heavy (non-hydrogen) atoms. The van der Waals surface area contributed by atoms with Crippen LogP contribution in [0.3, 0.4) is 0 Å². The quantitative estimate of drug-likeness (QED) is 0.675. The van der Waals surface area contributed by atoms with Crippen LogP contribution in [0.15, 0.2) is 59.4 Å². The highest BCUT2D eigenvalue weighted by Crippen LogP contribution is 2.23. The van der Waals surface area contributed by atoms with Crippen LogP contribution in [-0.2, 0) is 11.3 Å². The second-order valence-electron chi connectivity index (χ2n) is 7.14. The number of halogens is 1. The maximum absolute atomic E-state index is 13.1. The highest BCUT2D eigenvalue weighted by Gasteiger charge is 2.25. The first-order valence-electron chi connectivity index (χ1n) is 9.44. The van der Waals surface area contributed by atoms with E-state index in [1.165, 1.54) is 12.1 Å². The van der Waals surface area contributed by atoms with E-state index in [2.05, 4.69) is 15.2 Å². The van der Waals surface area contributed by atoms with Crippen molar-refractivity contribution in [1.82, 2.24) is 9.88 Å². The lowest BCUT2D eigenvalue weighted by Crippen LogP contribution is -2.40. The van der Waals surface area contributed by atoms with Gasteiger partial charge < -0.3 is 5.32 Å². The molecule has 1 N–H and O–H groups in total. The number of benzene rings is 2. The normalized spacial score (nSPS) is 17.4. The Kier molecular flexibility index (Phi) is 5.78. The van der Waals surface area contributed by atoms with E-state index < -0.39 is 0 Å². The van der Waals surface area contributed by atoms with Crippen LogP contribution in [0.2, 0.25) is 0 Å². The van der Waals surface area contributed by atoms with Gasteiger partial charge in [-0.25, -0.2) is 9.37 Å². The molecule has 0 radical (unpaired) electrons.